The van der Waals surface area contributed by atoms with Crippen LogP contribution in [0.5, 0.6) is 0 Å². The summed E-state index contributed by atoms with van der Waals surface area (Å²) in [6.07, 6.45) is 3.46. The normalized spacial score (nSPS) is 19.7. The Morgan fingerprint density at radius 3 is 2.73 bits per heavy atom. The summed E-state index contributed by atoms with van der Waals surface area (Å²) in [6.45, 7) is 1.81. The van der Waals surface area contributed by atoms with Crippen molar-refractivity contribution in [3.8, 4) is 0 Å². The Balaban J connectivity index is 2.12. The van der Waals surface area contributed by atoms with Crippen molar-refractivity contribution in [1.82, 2.24) is 0 Å². The fourth-order valence-corrected chi connectivity index (χ4v) is 2.95. The Hall–Kier alpha value is -0.220. The topological polar surface area (TPSA) is 46.5 Å². The van der Waals surface area contributed by atoms with Gasteiger partial charge in [0.1, 0.15) is 0 Å². The first-order chi connectivity index (χ1) is 7.08. The molecule has 0 bridgehead atoms. The number of esters is 1. The second-order valence-electron chi connectivity index (χ2n) is 4.44. The molecule has 1 rings (SSSR count). The SMILES string of the molecule is COC(=O)CC1(CSCCC(C)O)CC1. The van der Waals surface area contributed by atoms with Crippen LogP contribution in [0.1, 0.15) is 32.6 Å². The summed E-state index contributed by atoms with van der Waals surface area (Å²) in [7, 11) is 1.44. The van der Waals surface area contributed by atoms with Gasteiger partial charge in [-0.05, 0) is 43.1 Å². The number of carbonyl (C=O) groups excluding carboxylic acids is 1. The molecule has 1 atom stereocenters. The zero-order chi connectivity index (χ0) is 11.3. The first-order valence-corrected chi connectivity index (χ1v) is 6.56. The molecule has 1 aliphatic rings. The second-order valence-corrected chi connectivity index (χ2v) is 5.55. The van der Waals surface area contributed by atoms with Crippen LogP contribution < -0.4 is 0 Å². The minimum absolute atomic E-state index is 0.0939. The summed E-state index contributed by atoms with van der Waals surface area (Å²) in [5, 5.41) is 9.09. The largest absolute Gasteiger partial charge is 0.469 e. The van der Waals surface area contributed by atoms with Gasteiger partial charge >= 0.3 is 5.97 Å². The summed E-state index contributed by atoms with van der Waals surface area (Å²) < 4.78 is 4.68. The maximum absolute atomic E-state index is 11.1. The van der Waals surface area contributed by atoms with Crippen molar-refractivity contribution in [3.63, 3.8) is 0 Å². The van der Waals surface area contributed by atoms with Crippen LogP contribution >= 0.6 is 11.8 Å². The van der Waals surface area contributed by atoms with Crippen LogP contribution in [0, 0.1) is 5.41 Å². The zero-order valence-electron chi connectivity index (χ0n) is 9.49. The van der Waals surface area contributed by atoms with E-state index >= 15 is 0 Å². The molecule has 0 aromatic rings. The van der Waals surface area contributed by atoms with Crippen molar-refractivity contribution >= 4 is 17.7 Å². The molecule has 0 saturated heterocycles. The molecule has 1 aliphatic carbocycles. The molecule has 0 spiro atoms. The summed E-state index contributed by atoms with van der Waals surface area (Å²) in [5.74, 6) is 1.90. The number of hydrogen-bond acceptors (Lipinski definition) is 4. The van der Waals surface area contributed by atoms with Crippen molar-refractivity contribution in [2.75, 3.05) is 18.6 Å². The Labute approximate surface area is 95.6 Å². The molecule has 0 aliphatic heterocycles. The molecule has 0 heterocycles. The van der Waals surface area contributed by atoms with Gasteiger partial charge < -0.3 is 9.84 Å². The van der Waals surface area contributed by atoms with Crippen LogP contribution in [0.25, 0.3) is 0 Å². The zero-order valence-corrected chi connectivity index (χ0v) is 10.3. The lowest BCUT2D eigenvalue weighted by molar-refractivity contribution is -0.141. The highest BCUT2D eigenvalue weighted by Gasteiger charge is 2.44. The summed E-state index contributed by atoms with van der Waals surface area (Å²) in [4.78, 5) is 11.1. The molecule has 15 heavy (non-hydrogen) atoms. The predicted octanol–water partition coefficient (Wildman–Crippen LogP) is 1.83. The number of rotatable bonds is 7. The van der Waals surface area contributed by atoms with E-state index in [1.165, 1.54) is 7.11 Å². The molecule has 1 fully saturated rings. The molecule has 0 aromatic carbocycles. The Bertz CT molecular complexity index is 212. The third kappa shape index (κ3) is 4.89. The van der Waals surface area contributed by atoms with Gasteiger partial charge in [-0.2, -0.15) is 11.8 Å². The lowest BCUT2D eigenvalue weighted by Gasteiger charge is -2.13. The Kier molecular flexibility index (Phi) is 4.93. The third-order valence-corrected chi connectivity index (χ3v) is 4.13. The highest BCUT2D eigenvalue weighted by atomic mass is 32.2. The summed E-state index contributed by atoms with van der Waals surface area (Å²) >= 11 is 1.84. The van der Waals surface area contributed by atoms with Crippen LogP contribution in [0.2, 0.25) is 0 Å². The molecule has 1 N–H and O–H groups in total. The molecule has 0 radical (unpaired) electrons. The fraction of sp³-hybridized carbons (Fsp3) is 0.909. The van der Waals surface area contributed by atoms with Crippen molar-refractivity contribution in [2.45, 2.75) is 38.7 Å². The van der Waals surface area contributed by atoms with Gasteiger partial charge in [-0.3, -0.25) is 4.79 Å². The van der Waals surface area contributed by atoms with E-state index in [2.05, 4.69) is 4.74 Å². The average Bonchev–Trinajstić information content (AvgIpc) is 2.93. The maximum atomic E-state index is 11.1. The maximum Gasteiger partial charge on any atom is 0.306 e. The summed E-state index contributed by atoms with van der Waals surface area (Å²) in [5.41, 5.74) is 0.219. The van der Waals surface area contributed by atoms with E-state index in [0.29, 0.717) is 6.42 Å². The number of thioether (sulfide) groups is 1. The van der Waals surface area contributed by atoms with Gasteiger partial charge in [0.05, 0.1) is 19.6 Å². The third-order valence-electron chi connectivity index (χ3n) is 2.79. The van der Waals surface area contributed by atoms with E-state index in [4.69, 9.17) is 5.11 Å². The van der Waals surface area contributed by atoms with E-state index in [1.807, 2.05) is 18.7 Å². The van der Waals surface area contributed by atoms with E-state index in [1.54, 1.807) is 0 Å². The van der Waals surface area contributed by atoms with E-state index in [-0.39, 0.29) is 17.5 Å². The van der Waals surface area contributed by atoms with Crippen LogP contribution in [0.3, 0.4) is 0 Å². The van der Waals surface area contributed by atoms with E-state index < -0.39 is 0 Å². The van der Waals surface area contributed by atoms with Gasteiger partial charge in [-0.15, -0.1) is 0 Å². The van der Waals surface area contributed by atoms with Gasteiger partial charge in [0, 0.05) is 0 Å². The monoisotopic (exact) mass is 232 g/mol. The van der Waals surface area contributed by atoms with E-state index in [9.17, 15) is 4.79 Å². The molecule has 4 heteroatoms. The average molecular weight is 232 g/mol. The molecule has 88 valence electrons. The molecule has 3 nitrogen and oxygen atoms in total. The Morgan fingerprint density at radius 1 is 1.60 bits per heavy atom. The first kappa shape index (κ1) is 12.8. The summed E-state index contributed by atoms with van der Waals surface area (Å²) in [6, 6.07) is 0. The van der Waals surface area contributed by atoms with Crippen LogP contribution in [0.4, 0.5) is 0 Å². The van der Waals surface area contributed by atoms with Crippen molar-refractivity contribution in [1.29, 1.82) is 0 Å². The second kappa shape index (κ2) is 5.75. The lowest BCUT2D eigenvalue weighted by Crippen LogP contribution is -2.13. The van der Waals surface area contributed by atoms with Gasteiger partial charge in [0.2, 0.25) is 0 Å². The minimum Gasteiger partial charge on any atom is -0.469 e. The van der Waals surface area contributed by atoms with Gasteiger partial charge in [-0.25, -0.2) is 0 Å². The Morgan fingerprint density at radius 2 is 2.27 bits per heavy atom. The van der Waals surface area contributed by atoms with Gasteiger partial charge in [0.25, 0.3) is 0 Å². The fourth-order valence-electron chi connectivity index (χ4n) is 1.47. The van der Waals surface area contributed by atoms with Crippen LogP contribution in [-0.2, 0) is 9.53 Å². The lowest BCUT2D eigenvalue weighted by atomic mass is 10.1. The molecular weight excluding hydrogens is 212 g/mol. The van der Waals surface area contributed by atoms with Crippen molar-refractivity contribution in [2.24, 2.45) is 5.41 Å². The van der Waals surface area contributed by atoms with Crippen molar-refractivity contribution in [3.05, 3.63) is 0 Å². The standard InChI is InChI=1S/C11H20O3S/c1-9(12)3-6-15-8-11(4-5-11)7-10(13)14-2/h9,12H,3-8H2,1-2H3. The van der Waals surface area contributed by atoms with Crippen molar-refractivity contribution < 1.29 is 14.6 Å². The molecule has 0 aromatic heterocycles. The number of ether oxygens (including phenoxy) is 1. The van der Waals surface area contributed by atoms with Crippen LogP contribution in [0.15, 0.2) is 0 Å². The number of methoxy groups -OCH3 is 1. The number of hydrogen-bond donors (Lipinski definition) is 1. The van der Waals surface area contributed by atoms with E-state index in [0.717, 1.165) is 30.8 Å². The molecule has 1 unspecified atom stereocenters. The predicted molar refractivity (Wildman–Crippen MR) is 61.9 cm³/mol. The molecular formula is C11H20O3S. The number of aliphatic hydroxyl groups is 1. The van der Waals surface area contributed by atoms with Gasteiger partial charge in [0.15, 0.2) is 0 Å². The smallest absolute Gasteiger partial charge is 0.306 e. The van der Waals surface area contributed by atoms with Gasteiger partial charge in [-0.1, -0.05) is 0 Å². The first-order valence-electron chi connectivity index (χ1n) is 5.41. The highest BCUT2D eigenvalue weighted by Crippen LogP contribution is 2.51. The quantitative estimate of drug-likeness (QED) is 0.537. The molecule has 1 saturated carbocycles. The number of aliphatic hydroxyl groups excluding tert-OH is 1. The minimum atomic E-state index is -0.215. The van der Waals surface area contributed by atoms with Crippen LogP contribution in [-0.4, -0.2) is 35.8 Å². The number of carbonyl (C=O) groups is 1. The molecule has 0 amide bonds. The highest BCUT2D eigenvalue weighted by molar-refractivity contribution is 7.99.